The molecule has 0 spiro atoms. The fourth-order valence-electron chi connectivity index (χ4n) is 3.45. The molecule has 0 saturated heterocycles. The van der Waals surface area contributed by atoms with Crippen LogP contribution < -0.4 is 5.56 Å². The molecule has 1 N–H and O–H groups in total. The number of rotatable bonds is 4. The van der Waals surface area contributed by atoms with Crippen LogP contribution in [0.5, 0.6) is 0 Å². The lowest BCUT2D eigenvalue weighted by molar-refractivity contribution is 0.242. The molecule has 0 radical (unpaired) electrons. The largest absolute Gasteiger partial charge is 0.298 e. The minimum Gasteiger partial charge on any atom is -0.298 e. The molecule has 2 aromatic carbocycles. The second-order valence-corrected chi connectivity index (χ2v) is 7.11. The summed E-state index contributed by atoms with van der Waals surface area (Å²) < 4.78 is 14.7. The summed E-state index contributed by atoms with van der Waals surface area (Å²) >= 11 is 6.06. The Hall–Kier alpha value is -2.37. The van der Waals surface area contributed by atoms with Crippen LogP contribution in [0, 0.1) is 5.82 Å². The quantitative estimate of drug-likeness (QED) is 0.761. The molecule has 1 aliphatic heterocycles. The van der Waals surface area contributed by atoms with Gasteiger partial charge in [-0.2, -0.15) is 0 Å². The van der Waals surface area contributed by atoms with Crippen LogP contribution >= 0.6 is 11.6 Å². The van der Waals surface area contributed by atoms with Gasteiger partial charge in [0.1, 0.15) is 5.82 Å². The summed E-state index contributed by atoms with van der Waals surface area (Å²) in [5.41, 5.74) is 3.89. The van der Waals surface area contributed by atoms with Crippen LogP contribution in [0.3, 0.4) is 0 Å². The fraction of sp³-hybridized carbons (Fsp3) is 0.250. The van der Waals surface area contributed by atoms with Gasteiger partial charge in [-0.25, -0.2) is 9.07 Å². The third kappa shape index (κ3) is 3.59. The molecule has 6 heteroatoms. The summed E-state index contributed by atoms with van der Waals surface area (Å²) in [7, 11) is 0. The average Bonchev–Trinajstić information content (AvgIpc) is 2.92. The number of aromatic nitrogens is 2. The molecule has 0 aliphatic carbocycles. The van der Waals surface area contributed by atoms with Crippen molar-refractivity contribution in [2.75, 3.05) is 6.54 Å². The third-order valence-corrected chi connectivity index (χ3v) is 4.98. The van der Waals surface area contributed by atoms with E-state index >= 15 is 0 Å². The van der Waals surface area contributed by atoms with Crippen LogP contribution in [0.4, 0.5) is 4.39 Å². The second-order valence-electron chi connectivity index (χ2n) is 6.68. The molecular formula is C20H19ClFN3O. The van der Waals surface area contributed by atoms with Gasteiger partial charge in [-0.3, -0.25) is 14.8 Å². The monoisotopic (exact) mass is 371 g/mol. The van der Waals surface area contributed by atoms with E-state index in [4.69, 9.17) is 11.6 Å². The number of benzene rings is 2. The van der Waals surface area contributed by atoms with E-state index in [-0.39, 0.29) is 11.4 Å². The summed E-state index contributed by atoms with van der Waals surface area (Å²) in [5, 5.41) is 3.97. The maximum atomic E-state index is 13.0. The molecule has 1 aliphatic rings. The molecule has 0 atom stereocenters. The lowest BCUT2D eigenvalue weighted by atomic mass is 10.1. The van der Waals surface area contributed by atoms with Crippen LogP contribution in [0.25, 0.3) is 0 Å². The van der Waals surface area contributed by atoms with Crippen molar-refractivity contribution < 1.29 is 4.39 Å². The number of aromatic amines is 1. The van der Waals surface area contributed by atoms with Gasteiger partial charge in [-0.05, 0) is 41.8 Å². The van der Waals surface area contributed by atoms with Gasteiger partial charge in [0, 0.05) is 30.2 Å². The number of nitrogens with zero attached hydrogens (tertiary/aromatic N) is 2. The fourth-order valence-corrected chi connectivity index (χ4v) is 3.66. The first-order chi connectivity index (χ1) is 12.6. The Morgan fingerprint density at radius 1 is 1.08 bits per heavy atom. The summed E-state index contributed by atoms with van der Waals surface area (Å²) in [6.45, 7) is 2.75. The summed E-state index contributed by atoms with van der Waals surface area (Å²) in [5.74, 6) is -0.275. The van der Waals surface area contributed by atoms with Crippen molar-refractivity contribution in [2.45, 2.75) is 26.1 Å². The van der Waals surface area contributed by atoms with E-state index in [0.29, 0.717) is 13.1 Å². The van der Waals surface area contributed by atoms with Crippen LogP contribution in [0.15, 0.2) is 53.3 Å². The highest BCUT2D eigenvalue weighted by Crippen LogP contribution is 2.19. The van der Waals surface area contributed by atoms with Gasteiger partial charge in [0.25, 0.3) is 5.56 Å². The molecule has 0 unspecified atom stereocenters. The van der Waals surface area contributed by atoms with Gasteiger partial charge in [0.2, 0.25) is 0 Å². The number of nitrogens with one attached hydrogen (secondary N) is 1. The van der Waals surface area contributed by atoms with E-state index in [9.17, 15) is 9.18 Å². The minimum absolute atomic E-state index is 0.0201. The molecule has 0 amide bonds. The zero-order valence-electron chi connectivity index (χ0n) is 14.2. The zero-order chi connectivity index (χ0) is 18.1. The molecule has 3 aromatic rings. The lowest BCUT2D eigenvalue weighted by Gasteiger charge is -2.26. The van der Waals surface area contributed by atoms with Crippen molar-refractivity contribution in [2.24, 2.45) is 0 Å². The predicted molar refractivity (Wildman–Crippen MR) is 99.8 cm³/mol. The number of H-pyrrole nitrogens is 1. The minimum atomic E-state index is -0.275. The first-order valence-corrected chi connectivity index (χ1v) is 8.98. The SMILES string of the molecule is O=c1c2c([nH]n1Cc1ccc(F)cc1)CN(Cc1cccc(Cl)c1)CC2. The highest BCUT2D eigenvalue weighted by atomic mass is 35.5. The van der Waals surface area contributed by atoms with Crippen LogP contribution in [0.1, 0.15) is 22.4 Å². The zero-order valence-corrected chi connectivity index (χ0v) is 15.0. The van der Waals surface area contributed by atoms with Gasteiger partial charge in [0.05, 0.1) is 12.2 Å². The highest BCUT2D eigenvalue weighted by Gasteiger charge is 2.22. The number of halogens is 2. The predicted octanol–water partition coefficient (Wildman–Crippen LogP) is 3.58. The van der Waals surface area contributed by atoms with Gasteiger partial charge in [-0.1, -0.05) is 35.9 Å². The number of fused-ring (bicyclic) bond motifs is 1. The average molecular weight is 372 g/mol. The molecular weight excluding hydrogens is 353 g/mol. The van der Waals surface area contributed by atoms with Crippen molar-refractivity contribution in [3.05, 3.63) is 92.1 Å². The maximum Gasteiger partial charge on any atom is 0.270 e. The molecule has 0 bridgehead atoms. The maximum absolute atomic E-state index is 13.0. The van der Waals surface area contributed by atoms with Crippen molar-refractivity contribution in [1.29, 1.82) is 0 Å². The van der Waals surface area contributed by atoms with Gasteiger partial charge >= 0.3 is 0 Å². The Balaban J connectivity index is 1.51. The van der Waals surface area contributed by atoms with E-state index in [2.05, 4.69) is 16.1 Å². The van der Waals surface area contributed by atoms with Crippen LogP contribution in [0.2, 0.25) is 5.02 Å². The molecule has 0 saturated carbocycles. The number of hydrogen-bond donors (Lipinski definition) is 1. The van der Waals surface area contributed by atoms with Crippen molar-refractivity contribution in [3.8, 4) is 0 Å². The third-order valence-electron chi connectivity index (χ3n) is 4.75. The van der Waals surface area contributed by atoms with E-state index in [1.54, 1.807) is 16.8 Å². The topological polar surface area (TPSA) is 41.0 Å². The second kappa shape index (κ2) is 7.09. The van der Waals surface area contributed by atoms with Crippen molar-refractivity contribution >= 4 is 11.6 Å². The Morgan fingerprint density at radius 3 is 2.65 bits per heavy atom. The first-order valence-electron chi connectivity index (χ1n) is 8.60. The first kappa shape index (κ1) is 17.1. The van der Waals surface area contributed by atoms with E-state index in [1.807, 2.05) is 18.2 Å². The molecule has 4 nitrogen and oxygen atoms in total. The smallest absolute Gasteiger partial charge is 0.270 e. The Bertz CT molecular complexity index is 977. The highest BCUT2D eigenvalue weighted by molar-refractivity contribution is 6.30. The molecule has 134 valence electrons. The summed E-state index contributed by atoms with van der Waals surface area (Å²) in [4.78, 5) is 14.9. The molecule has 26 heavy (non-hydrogen) atoms. The standard InChI is InChI=1S/C20H19ClFN3O/c21-16-3-1-2-15(10-16)11-24-9-8-18-19(13-24)23-25(20(18)26)12-14-4-6-17(22)7-5-14/h1-7,10,23H,8-9,11-13H2. The van der Waals surface area contributed by atoms with E-state index in [1.165, 1.54) is 12.1 Å². The van der Waals surface area contributed by atoms with E-state index in [0.717, 1.165) is 46.9 Å². The summed E-state index contributed by atoms with van der Waals surface area (Å²) in [6, 6.07) is 14.1. The van der Waals surface area contributed by atoms with Gasteiger partial charge in [-0.15, -0.1) is 0 Å². The van der Waals surface area contributed by atoms with Crippen LogP contribution in [-0.2, 0) is 26.1 Å². The Labute approximate surface area is 155 Å². The molecule has 2 heterocycles. The Morgan fingerprint density at radius 2 is 1.88 bits per heavy atom. The van der Waals surface area contributed by atoms with E-state index < -0.39 is 0 Å². The number of hydrogen-bond acceptors (Lipinski definition) is 2. The normalized spacial score (nSPS) is 14.4. The van der Waals surface area contributed by atoms with Crippen molar-refractivity contribution in [3.63, 3.8) is 0 Å². The summed E-state index contributed by atoms with van der Waals surface area (Å²) in [6.07, 6.45) is 0.724. The van der Waals surface area contributed by atoms with Crippen LogP contribution in [-0.4, -0.2) is 21.2 Å². The van der Waals surface area contributed by atoms with Crippen molar-refractivity contribution in [1.82, 2.24) is 14.7 Å². The Kier molecular flexibility index (Phi) is 4.66. The van der Waals surface area contributed by atoms with Gasteiger partial charge in [0.15, 0.2) is 0 Å². The van der Waals surface area contributed by atoms with Gasteiger partial charge < -0.3 is 0 Å². The molecule has 0 fully saturated rings. The molecule has 1 aromatic heterocycles. The molecule has 4 rings (SSSR count). The lowest BCUT2D eigenvalue weighted by Crippen LogP contribution is -2.31.